The Morgan fingerprint density at radius 3 is 2.66 bits per heavy atom. The normalized spacial score (nSPS) is 21.1. The molecule has 0 aromatic carbocycles. The van der Waals surface area contributed by atoms with Crippen LogP contribution in [0.5, 0.6) is 5.88 Å². The van der Waals surface area contributed by atoms with Crippen LogP contribution >= 0.6 is 0 Å². The van der Waals surface area contributed by atoms with Crippen molar-refractivity contribution in [1.82, 2.24) is 30.4 Å². The number of anilines is 3. The second-order valence-corrected chi connectivity index (χ2v) is 8.85. The Hall–Kier alpha value is -2.88. The van der Waals surface area contributed by atoms with Gasteiger partial charge in [-0.15, -0.1) is 0 Å². The van der Waals surface area contributed by atoms with Crippen LogP contribution in [0.25, 0.3) is 0 Å². The molecule has 32 heavy (non-hydrogen) atoms. The fourth-order valence-corrected chi connectivity index (χ4v) is 4.15. The molecule has 2 aromatic rings. The van der Waals surface area contributed by atoms with E-state index in [1.165, 1.54) is 0 Å². The van der Waals surface area contributed by atoms with Crippen molar-refractivity contribution in [3.05, 3.63) is 17.8 Å². The molecular weight excluding hydrogens is 408 g/mol. The molecule has 0 spiro atoms. The van der Waals surface area contributed by atoms with E-state index in [1.807, 2.05) is 32.0 Å². The van der Waals surface area contributed by atoms with E-state index < -0.39 is 0 Å². The second-order valence-electron chi connectivity index (χ2n) is 8.85. The third-order valence-corrected chi connectivity index (χ3v) is 5.72. The number of H-pyrrole nitrogens is 1. The largest absolute Gasteiger partial charge is 0.481 e. The molecule has 3 rings (SSSR count). The SMILES string of the molecule is CCC1CCC(NC(=O)CN(C)C)CC(Nc2nc(Nc3cc(C)[nH]n3)cc(OC)n2)C1. The van der Waals surface area contributed by atoms with Gasteiger partial charge >= 0.3 is 0 Å². The van der Waals surface area contributed by atoms with Gasteiger partial charge in [-0.3, -0.25) is 9.89 Å². The van der Waals surface area contributed by atoms with Crippen LogP contribution in [0.3, 0.4) is 0 Å². The number of carbonyl (C=O) groups is 1. The van der Waals surface area contributed by atoms with Gasteiger partial charge in [0.25, 0.3) is 0 Å². The van der Waals surface area contributed by atoms with Crippen LogP contribution in [0.15, 0.2) is 12.1 Å². The second kappa shape index (κ2) is 11.1. The maximum absolute atomic E-state index is 12.3. The van der Waals surface area contributed by atoms with E-state index in [9.17, 15) is 4.79 Å². The predicted molar refractivity (Wildman–Crippen MR) is 125 cm³/mol. The van der Waals surface area contributed by atoms with Gasteiger partial charge in [-0.1, -0.05) is 13.3 Å². The molecule has 1 amide bonds. The third-order valence-electron chi connectivity index (χ3n) is 5.72. The summed E-state index contributed by atoms with van der Waals surface area (Å²) in [7, 11) is 5.39. The van der Waals surface area contributed by atoms with Crippen molar-refractivity contribution in [3.8, 4) is 5.88 Å². The summed E-state index contributed by atoms with van der Waals surface area (Å²) in [4.78, 5) is 23.3. The first-order valence-electron chi connectivity index (χ1n) is 11.3. The van der Waals surface area contributed by atoms with Crippen molar-refractivity contribution in [2.24, 2.45) is 5.92 Å². The van der Waals surface area contributed by atoms with Gasteiger partial charge in [-0.05, 0) is 52.6 Å². The molecule has 4 N–H and O–H groups in total. The standard InChI is InChI=1S/C22H36N8O2/c1-6-15-7-8-16(23-20(31)13-30(3)4)11-17(10-15)24-22-26-18(12-21(27-22)32-5)25-19-9-14(2)28-29-19/h9,12,15-17H,6-8,10-11,13H2,1-5H3,(H,23,31)(H3,24,25,26,27,28,29). The lowest BCUT2D eigenvalue weighted by Crippen LogP contribution is -2.42. The van der Waals surface area contributed by atoms with E-state index in [1.54, 1.807) is 13.2 Å². The van der Waals surface area contributed by atoms with Crippen molar-refractivity contribution in [1.29, 1.82) is 0 Å². The van der Waals surface area contributed by atoms with Crippen LogP contribution in [0.4, 0.5) is 17.6 Å². The predicted octanol–water partition coefficient (Wildman–Crippen LogP) is 2.69. The quantitative estimate of drug-likeness (QED) is 0.436. The average Bonchev–Trinajstić information content (AvgIpc) is 3.03. The lowest BCUT2D eigenvalue weighted by molar-refractivity contribution is -0.122. The number of carbonyl (C=O) groups excluding carboxylic acids is 1. The highest BCUT2D eigenvalue weighted by Crippen LogP contribution is 2.28. The van der Waals surface area contributed by atoms with Gasteiger partial charge in [-0.2, -0.15) is 15.1 Å². The molecule has 0 aliphatic heterocycles. The lowest BCUT2D eigenvalue weighted by atomic mass is 9.96. The number of nitrogens with zero attached hydrogens (tertiary/aromatic N) is 4. The first-order valence-corrected chi connectivity index (χ1v) is 11.3. The summed E-state index contributed by atoms with van der Waals surface area (Å²) in [6.45, 7) is 4.56. The van der Waals surface area contributed by atoms with Gasteiger partial charge in [0.15, 0.2) is 5.82 Å². The zero-order chi connectivity index (χ0) is 23.1. The van der Waals surface area contributed by atoms with Crippen molar-refractivity contribution in [2.45, 2.75) is 58.0 Å². The Balaban J connectivity index is 1.73. The van der Waals surface area contributed by atoms with Crippen LogP contribution in [-0.2, 0) is 4.79 Å². The number of aryl methyl sites for hydroxylation is 1. The monoisotopic (exact) mass is 444 g/mol. The Morgan fingerprint density at radius 2 is 2.00 bits per heavy atom. The van der Waals surface area contributed by atoms with Crippen molar-refractivity contribution in [2.75, 3.05) is 38.4 Å². The first-order chi connectivity index (χ1) is 15.3. The van der Waals surface area contributed by atoms with Crippen molar-refractivity contribution < 1.29 is 9.53 Å². The molecule has 10 heteroatoms. The highest BCUT2D eigenvalue weighted by atomic mass is 16.5. The zero-order valence-electron chi connectivity index (χ0n) is 19.7. The smallest absolute Gasteiger partial charge is 0.234 e. The molecule has 0 saturated heterocycles. The Morgan fingerprint density at radius 1 is 1.19 bits per heavy atom. The molecule has 0 radical (unpaired) electrons. The molecular formula is C22H36N8O2. The van der Waals surface area contributed by atoms with Gasteiger partial charge < -0.3 is 25.6 Å². The number of hydrogen-bond acceptors (Lipinski definition) is 8. The number of amides is 1. The molecule has 2 aromatic heterocycles. The Labute approximate surface area is 189 Å². The van der Waals surface area contributed by atoms with Gasteiger partial charge in [0, 0.05) is 29.9 Å². The molecule has 10 nitrogen and oxygen atoms in total. The number of aromatic nitrogens is 4. The Bertz CT molecular complexity index is 885. The van der Waals surface area contributed by atoms with E-state index in [0.717, 1.165) is 37.8 Å². The van der Waals surface area contributed by atoms with E-state index in [0.29, 0.717) is 35.9 Å². The highest BCUT2D eigenvalue weighted by Gasteiger charge is 2.27. The number of methoxy groups -OCH3 is 1. The average molecular weight is 445 g/mol. The maximum Gasteiger partial charge on any atom is 0.234 e. The zero-order valence-corrected chi connectivity index (χ0v) is 19.7. The molecule has 176 valence electrons. The lowest BCUT2D eigenvalue weighted by Gasteiger charge is -2.24. The van der Waals surface area contributed by atoms with Gasteiger partial charge in [-0.25, -0.2) is 0 Å². The van der Waals surface area contributed by atoms with Gasteiger partial charge in [0.1, 0.15) is 5.82 Å². The van der Waals surface area contributed by atoms with Crippen molar-refractivity contribution >= 4 is 23.5 Å². The number of aromatic amines is 1. The number of nitrogens with one attached hydrogen (secondary N) is 4. The molecule has 1 fully saturated rings. The van der Waals surface area contributed by atoms with E-state index in [2.05, 4.69) is 43.0 Å². The van der Waals surface area contributed by atoms with Crippen LogP contribution in [-0.4, -0.2) is 70.8 Å². The van der Waals surface area contributed by atoms with Crippen LogP contribution in [0.2, 0.25) is 0 Å². The number of rotatable bonds is 9. The van der Waals surface area contributed by atoms with Crippen molar-refractivity contribution in [3.63, 3.8) is 0 Å². The summed E-state index contributed by atoms with van der Waals surface area (Å²) >= 11 is 0. The summed E-state index contributed by atoms with van der Waals surface area (Å²) < 4.78 is 5.38. The number of hydrogen-bond donors (Lipinski definition) is 4. The van der Waals surface area contributed by atoms with Crippen LogP contribution in [0, 0.1) is 12.8 Å². The van der Waals surface area contributed by atoms with Gasteiger partial charge in [0.05, 0.1) is 13.7 Å². The van der Waals surface area contributed by atoms with E-state index in [-0.39, 0.29) is 18.0 Å². The summed E-state index contributed by atoms with van der Waals surface area (Å²) in [5, 5.41) is 17.0. The topological polar surface area (TPSA) is 120 Å². The molecule has 1 aliphatic rings. The minimum atomic E-state index is 0.0621. The minimum absolute atomic E-state index is 0.0621. The Kier molecular flexibility index (Phi) is 8.26. The highest BCUT2D eigenvalue weighted by molar-refractivity contribution is 5.78. The number of likely N-dealkylation sites (N-methyl/N-ethyl adjacent to an activating group) is 1. The molecule has 1 saturated carbocycles. The fourth-order valence-electron chi connectivity index (χ4n) is 4.15. The van der Waals surface area contributed by atoms with E-state index in [4.69, 9.17) is 4.74 Å². The minimum Gasteiger partial charge on any atom is -0.481 e. The molecule has 2 heterocycles. The fraction of sp³-hybridized carbons (Fsp3) is 0.636. The molecule has 3 unspecified atom stereocenters. The first kappa shape index (κ1) is 23.8. The summed E-state index contributed by atoms with van der Waals surface area (Å²) in [5.41, 5.74) is 0.957. The summed E-state index contributed by atoms with van der Waals surface area (Å²) in [6.07, 6.45) is 5.04. The van der Waals surface area contributed by atoms with Gasteiger partial charge in [0.2, 0.25) is 17.7 Å². The van der Waals surface area contributed by atoms with Crippen LogP contribution in [0.1, 0.15) is 44.7 Å². The molecule has 0 bridgehead atoms. The van der Waals surface area contributed by atoms with Crippen LogP contribution < -0.4 is 20.7 Å². The summed E-state index contributed by atoms with van der Waals surface area (Å²) in [5.74, 6) is 2.90. The van der Waals surface area contributed by atoms with E-state index >= 15 is 0 Å². The molecule has 1 aliphatic carbocycles. The maximum atomic E-state index is 12.3. The number of ether oxygens (including phenoxy) is 1. The molecule has 3 atom stereocenters. The summed E-state index contributed by atoms with van der Waals surface area (Å²) in [6, 6.07) is 3.92. The third kappa shape index (κ3) is 7.08.